The van der Waals surface area contributed by atoms with Gasteiger partial charge in [0.15, 0.2) is 0 Å². The van der Waals surface area contributed by atoms with E-state index in [4.69, 9.17) is 0 Å². The molecule has 2 heteroatoms. The molecule has 0 aliphatic heterocycles. The van der Waals surface area contributed by atoms with Crippen LogP contribution in [0.4, 0.5) is 0 Å². The average Bonchev–Trinajstić information content (AvgIpc) is 3.19. The van der Waals surface area contributed by atoms with Crippen LogP contribution in [0.2, 0.25) is 17.2 Å². The van der Waals surface area contributed by atoms with Crippen LogP contribution in [0.1, 0.15) is 65.7 Å². The Kier molecular flexibility index (Phi) is 8.36. The van der Waals surface area contributed by atoms with Crippen LogP contribution >= 0.6 is 0 Å². The minimum atomic E-state index is -1.85. The van der Waals surface area contributed by atoms with Crippen LogP contribution in [0.3, 0.4) is 0 Å². The van der Waals surface area contributed by atoms with E-state index >= 15 is 0 Å². The quantitative estimate of drug-likeness (QED) is 0.429. The average molecular weight is 374 g/mol. The van der Waals surface area contributed by atoms with Crippen molar-refractivity contribution in [1.29, 1.82) is 0 Å². The van der Waals surface area contributed by atoms with E-state index in [1.807, 2.05) is 0 Å². The molecule has 1 fully saturated rings. The fourth-order valence-electron chi connectivity index (χ4n) is 3.93. The van der Waals surface area contributed by atoms with Gasteiger partial charge in [-0.05, 0) is 0 Å². The molecule has 1 rings (SSSR count). The van der Waals surface area contributed by atoms with E-state index in [1.54, 1.807) is 19.7 Å². The van der Waals surface area contributed by atoms with Crippen molar-refractivity contribution in [2.75, 3.05) is 14.1 Å². The zero-order valence-corrected chi connectivity index (χ0v) is 17.0. The van der Waals surface area contributed by atoms with Gasteiger partial charge >= 0.3 is 126 Å². The van der Waals surface area contributed by atoms with Gasteiger partial charge in [-0.25, -0.2) is 0 Å². The van der Waals surface area contributed by atoms with Crippen molar-refractivity contribution in [3.63, 3.8) is 0 Å². The van der Waals surface area contributed by atoms with Crippen molar-refractivity contribution in [2.24, 2.45) is 0 Å². The predicted octanol–water partition coefficient (Wildman–Crippen LogP) is 5.54. The summed E-state index contributed by atoms with van der Waals surface area (Å²) in [5, 5.41) is 0. The van der Waals surface area contributed by atoms with Crippen LogP contribution < -0.4 is 0 Å². The molecule has 0 unspecified atom stereocenters. The Balaban J connectivity index is 2.71. The standard InChI is InChI=1S/C5H10N.3C4H9.Sn/c1-6(2)5-3-4-5;3*1-3-4-2;/h3,5H,4H2,1-2H3;3*1,3-4H2,2H3;/t5-;;;;/m1..../s1. The Labute approximate surface area is 126 Å². The summed E-state index contributed by atoms with van der Waals surface area (Å²) in [7, 11) is 4.61. The third-order valence-electron chi connectivity index (χ3n) is 5.29. The van der Waals surface area contributed by atoms with Crippen molar-refractivity contribution in [2.45, 2.75) is 89.0 Å². The van der Waals surface area contributed by atoms with Gasteiger partial charge in [0, 0.05) is 0 Å². The molecule has 114 valence electrons. The summed E-state index contributed by atoms with van der Waals surface area (Å²) in [6.45, 7) is 7.14. The zero-order chi connectivity index (χ0) is 14.3. The van der Waals surface area contributed by atoms with Crippen LogP contribution in [0.25, 0.3) is 0 Å². The summed E-state index contributed by atoms with van der Waals surface area (Å²) >= 11 is -1.85. The molecule has 0 radical (unpaired) electrons. The Hall–Kier alpha value is 0.759. The maximum absolute atomic E-state index is 2.53. The van der Waals surface area contributed by atoms with E-state index in [0.717, 1.165) is 6.04 Å². The van der Waals surface area contributed by atoms with E-state index in [-0.39, 0.29) is 0 Å². The summed E-state index contributed by atoms with van der Waals surface area (Å²) < 4.78 is 6.29. The molecule has 0 saturated heterocycles. The van der Waals surface area contributed by atoms with Crippen LogP contribution in [-0.2, 0) is 0 Å². The minimum absolute atomic E-state index is 0.973. The third-order valence-corrected chi connectivity index (χ3v) is 23.1. The fraction of sp³-hybridized carbons (Fsp3) is 1.00. The molecule has 19 heavy (non-hydrogen) atoms. The van der Waals surface area contributed by atoms with Crippen molar-refractivity contribution in [3.8, 4) is 0 Å². The van der Waals surface area contributed by atoms with Gasteiger partial charge in [0.1, 0.15) is 0 Å². The molecule has 0 aromatic rings. The van der Waals surface area contributed by atoms with Gasteiger partial charge in [0.25, 0.3) is 0 Å². The SMILES string of the molecule is CCC[CH2][Sn]([CH2]CCC)([CH2]CCC)[C@H]1C[C@@H]1N(C)C. The predicted molar refractivity (Wildman–Crippen MR) is 90.7 cm³/mol. The second-order valence-electron chi connectivity index (χ2n) is 7.05. The Morgan fingerprint density at radius 3 is 1.53 bits per heavy atom. The second kappa shape index (κ2) is 8.92. The first-order valence-electron chi connectivity index (χ1n) is 8.77. The molecule has 0 spiro atoms. The van der Waals surface area contributed by atoms with E-state index in [9.17, 15) is 0 Å². The summed E-state index contributed by atoms with van der Waals surface area (Å²) in [5.41, 5.74) is 0. The summed E-state index contributed by atoms with van der Waals surface area (Å²) in [4.78, 5) is 2.53. The summed E-state index contributed by atoms with van der Waals surface area (Å²) in [5.74, 6) is 0. The van der Waals surface area contributed by atoms with Gasteiger partial charge in [-0.3, -0.25) is 0 Å². The molecule has 0 amide bonds. The van der Waals surface area contributed by atoms with Crippen LogP contribution in [0.15, 0.2) is 0 Å². The van der Waals surface area contributed by atoms with Gasteiger partial charge in [-0.2, -0.15) is 0 Å². The van der Waals surface area contributed by atoms with Gasteiger partial charge in [0.05, 0.1) is 0 Å². The van der Waals surface area contributed by atoms with Gasteiger partial charge < -0.3 is 0 Å². The van der Waals surface area contributed by atoms with Crippen molar-refractivity contribution < 1.29 is 0 Å². The van der Waals surface area contributed by atoms with Gasteiger partial charge in [-0.15, -0.1) is 0 Å². The Morgan fingerprint density at radius 2 is 1.26 bits per heavy atom. The molecule has 0 N–H and O–H groups in total. The van der Waals surface area contributed by atoms with Gasteiger partial charge in [0.2, 0.25) is 0 Å². The normalized spacial score (nSPS) is 23.1. The number of unbranched alkanes of at least 4 members (excludes halogenated alkanes) is 3. The third kappa shape index (κ3) is 5.22. The number of rotatable bonds is 11. The summed E-state index contributed by atoms with van der Waals surface area (Å²) in [6.07, 6.45) is 10.4. The van der Waals surface area contributed by atoms with Crippen LogP contribution in [-0.4, -0.2) is 43.4 Å². The topological polar surface area (TPSA) is 3.24 Å². The van der Waals surface area contributed by atoms with Crippen LogP contribution in [0.5, 0.6) is 0 Å². The number of nitrogens with zero attached hydrogens (tertiary/aromatic N) is 1. The molecule has 1 saturated carbocycles. The van der Waals surface area contributed by atoms with E-state index in [1.165, 1.54) is 42.5 Å². The monoisotopic (exact) mass is 375 g/mol. The fourth-order valence-corrected chi connectivity index (χ4v) is 23.6. The molecule has 1 nitrogen and oxygen atoms in total. The van der Waals surface area contributed by atoms with Crippen molar-refractivity contribution in [3.05, 3.63) is 0 Å². The second-order valence-corrected chi connectivity index (χ2v) is 21.2. The first-order chi connectivity index (χ1) is 9.11. The number of hydrogen-bond acceptors (Lipinski definition) is 1. The van der Waals surface area contributed by atoms with Crippen LogP contribution in [0, 0.1) is 0 Å². The van der Waals surface area contributed by atoms with Crippen molar-refractivity contribution >= 4 is 18.4 Å². The molecule has 0 bridgehead atoms. The molecule has 0 heterocycles. The molecule has 0 aromatic heterocycles. The Bertz CT molecular complexity index is 218. The molecular weight excluding hydrogens is 337 g/mol. The molecule has 0 aromatic carbocycles. The van der Waals surface area contributed by atoms with E-state index in [0.29, 0.717) is 0 Å². The molecule has 1 aliphatic carbocycles. The van der Waals surface area contributed by atoms with Crippen molar-refractivity contribution in [1.82, 2.24) is 4.90 Å². The maximum atomic E-state index is 2.53. The first-order valence-corrected chi connectivity index (χ1v) is 16.5. The summed E-state index contributed by atoms with van der Waals surface area (Å²) in [6, 6.07) is 0.973. The molecule has 2 atom stereocenters. The zero-order valence-electron chi connectivity index (χ0n) is 14.2. The number of hydrogen-bond donors (Lipinski definition) is 0. The Morgan fingerprint density at radius 1 is 0.842 bits per heavy atom. The molecular formula is C17H37NSn. The van der Waals surface area contributed by atoms with E-state index < -0.39 is 18.4 Å². The van der Waals surface area contributed by atoms with Gasteiger partial charge in [-0.1, -0.05) is 0 Å². The van der Waals surface area contributed by atoms with E-state index in [2.05, 4.69) is 39.8 Å². The molecule has 1 aliphatic rings. The first kappa shape index (κ1) is 17.8.